The van der Waals surface area contributed by atoms with E-state index in [1.807, 2.05) is 30.3 Å². The first-order valence-electron chi connectivity index (χ1n) is 9.04. The molecule has 2 heterocycles. The quantitative estimate of drug-likeness (QED) is 0.489. The molecular weight excluding hydrogens is 392 g/mol. The summed E-state index contributed by atoms with van der Waals surface area (Å²) in [5.74, 6) is -0.834. The minimum atomic E-state index is -0.770. The number of nitrogens with zero attached hydrogens (tertiary/aromatic N) is 1. The molecule has 1 atom stereocenters. The Morgan fingerprint density at radius 2 is 2.00 bits per heavy atom. The van der Waals surface area contributed by atoms with Gasteiger partial charge in [0.2, 0.25) is 0 Å². The molecule has 7 nitrogen and oxygen atoms in total. The molecule has 0 aliphatic carbocycles. The molecule has 0 unspecified atom stereocenters. The van der Waals surface area contributed by atoms with E-state index < -0.39 is 23.6 Å². The Morgan fingerprint density at radius 3 is 2.69 bits per heavy atom. The largest absolute Gasteiger partial charge is 0.462 e. The number of H-pyrrole nitrogens is 1. The van der Waals surface area contributed by atoms with Gasteiger partial charge in [-0.15, -0.1) is 11.3 Å². The van der Waals surface area contributed by atoms with Crippen LogP contribution in [0, 0.1) is 6.92 Å². The molecule has 29 heavy (non-hydrogen) atoms. The Balaban J connectivity index is 1.82. The van der Waals surface area contributed by atoms with Gasteiger partial charge < -0.3 is 14.5 Å². The van der Waals surface area contributed by atoms with Gasteiger partial charge in [0.15, 0.2) is 11.9 Å². The Kier molecular flexibility index (Phi) is 6.23. The fraction of sp³-hybridized carbons (Fsp3) is 0.238. The van der Waals surface area contributed by atoms with Crippen LogP contribution in [0.25, 0.3) is 16.3 Å². The zero-order chi connectivity index (χ0) is 21.0. The van der Waals surface area contributed by atoms with Crippen LogP contribution >= 0.6 is 11.3 Å². The number of carbonyl (C=O) groups is 2. The maximum absolute atomic E-state index is 12.5. The van der Waals surface area contributed by atoms with Crippen molar-refractivity contribution in [3.05, 3.63) is 68.6 Å². The number of hydrogen-bond donors (Lipinski definition) is 1. The molecule has 1 N–H and O–H groups in total. The highest BCUT2D eigenvalue weighted by Crippen LogP contribution is 2.28. The number of thiophene rings is 1. The summed E-state index contributed by atoms with van der Waals surface area (Å²) in [5.41, 5.74) is 1.00. The summed E-state index contributed by atoms with van der Waals surface area (Å²) in [6, 6.07) is 9.34. The number of rotatable bonds is 6. The van der Waals surface area contributed by atoms with Crippen LogP contribution in [0.1, 0.15) is 46.6 Å². The summed E-state index contributed by atoms with van der Waals surface area (Å²) < 4.78 is 10.4. The monoisotopic (exact) mass is 412 g/mol. The summed E-state index contributed by atoms with van der Waals surface area (Å²) in [5, 5.41) is 0.337. The molecule has 3 aromatic rings. The molecule has 0 fully saturated rings. The van der Waals surface area contributed by atoms with Crippen molar-refractivity contribution < 1.29 is 19.1 Å². The molecule has 150 valence electrons. The molecule has 0 radical (unpaired) electrons. The number of carbonyl (C=O) groups excluding carboxylic acids is 2. The van der Waals surface area contributed by atoms with Crippen molar-refractivity contribution in [2.75, 3.05) is 6.61 Å². The van der Waals surface area contributed by atoms with E-state index in [1.165, 1.54) is 6.08 Å². The van der Waals surface area contributed by atoms with Gasteiger partial charge >= 0.3 is 11.9 Å². The van der Waals surface area contributed by atoms with Gasteiger partial charge in [0.25, 0.3) is 5.56 Å². The molecule has 0 saturated carbocycles. The van der Waals surface area contributed by atoms with Crippen molar-refractivity contribution >= 4 is 39.6 Å². The Labute approximate surface area is 171 Å². The summed E-state index contributed by atoms with van der Waals surface area (Å²) in [6.07, 6.45) is 2.19. The second-order valence-corrected chi connectivity index (χ2v) is 7.23. The Bertz CT molecular complexity index is 1130. The van der Waals surface area contributed by atoms with Gasteiger partial charge in [-0.05, 0) is 38.0 Å². The molecular formula is C21H20N2O5S. The van der Waals surface area contributed by atoms with Crippen molar-refractivity contribution in [1.29, 1.82) is 0 Å². The van der Waals surface area contributed by atoms with Crippen molar-refractivity contribution in [3.8, 4) is 0 Å². The van der Waals surface area contributed by atoms with Crippen molar-refractivity contribution in [2.24, 2.45) is 0 Å². The molecule has 0 bridgehead atoms. The first-order chi connectivity index (χ1) is 13.9. The highest BCUT2D eigenvalue weighted by atomic mass is 32.1. The topological polar surface area (TPSA) is 98.3 Å². The van der Waals surface area contributed by atoms with E-state index >= 15 is 0 Å². The van der Waals surface area contributed by atoms with E-state index in [2.05, 4.69) is 9.97 Å². The van der Waals surface area contributed by atoms with E-state index in [4.69, 9.17) is 9.47 Å². The van der Waals surface area contributed by atoms with E-state index in [0.717, 1.165) is 16.9 Å². The molecule has 2 aromatic heterocycles. The number of nitrogens with one attached hydrogen (secondary N) is 1. The summed E-state index contributed by atoms with van der Waals surface area (Å²) in [6.45, 7) is 5.25. The number of aryl methyl sites for hydroxylation is 1. The van der Waals surface area contributed by atoms with Crippen molar-refractivity contribution in [1.82, 2.24) is 9.97 Å². The predicted octanol–water partition coefficient (Wildman–Crippen LogP) is 3.79. The molecule has 3 rings (SSSR count). The van der Waals surface area contributed by atoms with Crippen LogP contribution in [0.5, 0.6) is 0 Å². The average Bonchev–Trinajstić information content (AvgIpc) is 3.04. The number of benzene rings is 1. The third kappa shape index (κ3) is 4.60. The molecule has 0 amide bonds. The number of ether oxygens (including phenoxy) is 2. The molecule has 0 aliphatic heterocycles. The van der Waals surface area contributed by atoms with Gasteiger partial charge in [-0.1, -0.05) is 30.3 Å². The van der Waals surface area contributed by atoms with E-state index in [-0.39, 0.29) is 12.4 Å². The van der Waals surface area contributed by atoms with Crippen LogP contribution in [0.3, 0.4) is 0 Å². The smallest absolute Gasteiger partial charge is 0.348 e. The van der Waals surface area contributed by atoms with Crippen LogP contribution in [-0.2, 0) is 14.3 Å². The molecule has 0 aliphatic rings. The van der Waals surface area contributed by atoms with E-state index in [0.29, 0.717) is 20.7 Å². The lowest BCUT2D eigenvalue weighted by Gasteiger charge is -2.10. The maximum atomic E-state index is 12.5. The van der Waals surface area contributed by atoms with Gasteiger partial charge in [0.05, 0.1) is 12.0 Å². The van der Waals surface area contributed by atoms with Gasteiger partial charge in [-0.25, -0.2) is 14.6 Å². The maximum Gasteiger partial charge on any atom is 0.348 e. The summed E-state index contributed by atoms with van der Waals surface area (Å²) in [7, 11) is 0. The fourth-order valence-corrected chi connectivity index (χ4v) is 3.82. The Hall–Kier alpha value is -3.26. The van der Waals surface area contributed by atoms with Crippen LogP contribution in [0.4, 0.5) is 0 Å². The summed E-state index contributed by atoms with van der Waals surface area (Å²) in [4.78, 5) is 44.4. The highest BCUT2D eigenvalue weighted by Gasteiger charge is 2.22. The lowest BCUT2D eigenvalue weighted by Crippen LogP contribution is -2.16. The number of aromatic amines is 1. The summed E-state index contributed by atoms with van der Waals surface area (Å²) >= 11 is 1.08. The first kappa shape index (κ1) is 20.5. The van der Waals surface area contributed by atoms with Gasteiger partial charge in [-0.2, -0.15) is 0 Å². The highest BCUT2D eigenvalue weighted by molar-refractivity contribution is 7.20. The van der Waals surface area contributed by atoms with Crippen LogP contribution in [0.2, 0.25) is 0 Å². The molecule has 0 spiro atoms. The zero-order valence-corrected chi connectivity index (χ0v) is 17.0. The predicted molar refractivity (Wildman–Crippen MR) is 111 cm³/mol. The van der Waals surface area contributed by atoms with Gasteiger partial charge in [0, 0.05) is 6.08 Å². The minimum Gasteiger partial charge on any atom is -0.462 e. The minimum absolute atomic E-state index is 0.209. The molecule has 8 heteroatoms. The van der Waals surface area contributed by atoms with Crippen molar-refractivity contribution in [2.45, 2.75) is 26.9 Å². The first-order valence-corrected chi connectivity index (χ1v) is 9.86. The zero-order valence-electron chi connectivity index (χ0n) is 16.2. The molecule has 1 aromatic carbocycles. The van der Waals surface area contributed by atoms with Crippen LogP contribution in [-0.4, -0.2) is 28.5 Å². The lowest BCUT2D eigenvalue weighted by molar-refractivity contribution is -0.142. The standard InChI is InChI=1S/C21H20N2O5S/c1-4-27-21(26)17-12(2)16-19(25)22-18(23-20(16)29-17)13(3)28-15(24)11-10-14-8-6-5-7-9-14/h5-11,13H,4H2,1-3H3,(H,22,23,25)/b11-10+/t13-/m1/s1. The lowest BCUT2D eigenvalue weighted by atomic mass is 10.2. The number of fused-ring (bicyclic) bond motifs is 1. The normalized spacial score (nSPS) is 12.2. The van der Waals surface area contributed by atoms with Crippen LogP contribution in [0.15, 0.2) is 41.2 Å². The van der Waals surface area contributed by atoms with E-state index in [1.54, 1.807) is 26.8 Å². The second kappa shape index (κ2) is 8.83. The van der Waals surface area contributed by atoms with Gasteiger partial charge in [0.1, 0.15) is 9.71 Å². The van der Waals surface area contributed by atoms with Crippen molar-refractivity contribution in [3.63, 3.8) is 0 Å². The van der Waals surface area contributed by atoms with Crippen LogP contribution < -0.4 is 5.56 Å². The van der Waals surface area contributed by atoms with Gasteiger partial charge in [-0.3, -0.25) is 4.79 Å². The van der Waals surface area contributed by atoms with E-state index in [9.17, 15) is 14.4 Å². The Morgan fingerprint density at radius 1 is 1.28 bits per heavy atom. The average molecular weight is 412 g/mol. The number of aromatic nitrogens is 2. The number of hydrogen-bond acceptors (Lipinski definition) is 7. The fourth-order valence-electron chi connectivity index (χ4n) is 2.74. The third-order valence-corrected chi connectivity index (χ3v) is 5.33. The molecule has 0 saturated heterocycles. The number of esters is 2. The SMILES string of the molecule is CCOC(=O)c1sc2nc([C@@H](C)OC(=O)/C=C/c3ccccc3)[nH]c(=O)c2c1C. The third-order valence-electron chi connectivity index (χ3n) is 4.17. The second-order valence-electron chi connectivity index (χ2n) is 6.23.